The predicted octanol–water partition coefficient (Wildman–Crippen LogP) is 1.01. The second kappa shape index (κ2) is 5.83. The molecule has 0 unspecified atom stereocenters. The number of hydrogen-bond acceptors (Lipinski definition) is 4. The molecule has 0 atom stereocenters. The number of rotatable bonds is 3. The predicted molar refractivity (Wildman–Crippen MR) is 61.3 cm³/mol. The molecule has 6 nitrogen and oxygen atoms in total. The number of amides is 1. The van der Waals surface area contributed by atoms with Gasteiger partial charge in [-0.3, -0.25) is 4.79 Å². The molecule has 1 rings (SSSR count). The first kappa shape index (κ1) is 12.9. The van der Waals surface area contributed by atoms with Crippen LogP contribution in [0.25, 0.3) is 0 Å². The van der Waals surface area contributed by atoms with Crippen molar-refractivity contribution < 1.29 is 14.7 Å². The average molecular weight is 241 g/mol. The summed E-state index contributed by atoms with van der Waals surface area (Å²) in [5.74, 6) is -1.87. The third-order valence-corrected chi connectivity index (χ3v) is 1.91. The lowest BCUT2D eigenvalue weighted by Crippen LogP contribution is -2.09. The summed E-state index contributed by atoms with van der Waals surface area (Å²) in [7, 11) is 0. The van der Waals surface area contributed by atoms with Gasteiger partial charge in [0, 0.05) is 17.8 Å². The van der Waals surface area contributed by atoms with Crippen molar-refractivity contribution in [2.24, 2.45) is 0 Å². The number of nitriles is 2. The lowest BCUT2D eigenvalue weighted by atomic mass is 10.1. The van der Waals surface area contributed by atoms with Crippen molar-refractivity contribution in [1.82, 2.24) is 0 Å². The molecule has 1 amide bonds. The van der Waals surface area contributed by atoms with Crippen LogP contribution in [0.2, 0.25) is 0 Å². The molecule has 1 aromatic rings. The minimum atomic E-state index is -1.23. The maximum Gasteiger partial charge on any atom is 0.328 e. The zero-order valence-electron chi connectivity index (χ0n) is 9.04. The van der Waals surface area contributed by atoms with Gasteiger partial charge in [-0.25, -0.2) is 4.79 Å². The molecule has 0 bridgehead atoms. The molecule has 0 fully saturated rings. The Hall–Kier alpha value is -3.12. The number of nitrogens with one attached hydrogen (secondary N) is 1. The molecule has 0 aliphatic carbocycles. The Labute approximate surface area is 102 Å². The largest absolute Gasteiger partial charge is 0.478 e. The van der Waals surface area contributed by atoms with Crippen LogP contribution in [-0.2, 0) is 9.59 Å². The van der Waals surface area contributed by atoms with Gasteiger partial charge in [-0.1, -0.05) is 0 Å². The van der Waals surface area contributed by atoms with Gasteiger partial charge in [-0.05, 0) is 18.2 Å². The fourth-order valence-corrected chi connectivity index (χ4v) is 1.14. The standard InChI is InChI=1S/C12H7N3O3/c13-6-8-1-2-10(5-9(8)7-14)15-11(16)3-4-12(17)18/h1-5H,(H,15,16)(H,17,18)/b4-3+. The van der Waals surface area contributed by atoms with E-state index in [4.69, 9.17) is 15.6 Å². The molecule has 18 heavy (non-hydrogen) atoms. The van der Waals surface area contributed by atoms with Crippen LogP contribution in [0.5, 0.6) is 0 Å². The van der Waals surface area contributed by atoms with Crippen molar-refractivity contribution in [3.63, 3.8) is 0 Å². The van der Waals surface area contributed by atoms with Crippen LogP contribution in [0, 0.1) is 22.7 Å². The molecular weight excluding hydrogens is 234 g/mol. The molecule has 2 N–H and O–H groups in total. The van der Waals surface area contributed by atoms with Crippen LogP contribution in [-0.4, -0.2) is 17.0 Å². The molecule has 0 aliphatic rings. The van der Waals surface area contributed by atoms with E-state index in [0.29, 0.717) is 11.8 Å². The van der Waals surface area contributed by atoms with E-state index in [1.165, 1.54) is 18.2 Å². The zero-order chi connectivity index (χ0) is 13.5. The maximum absolute atomic E-state index is 11.3. The molecule has 88 valence electrons. The summed E-state index contributed by atoms with van der Waals surface area (Å²) in [5, 5.41) is 28.2. The number of hydrogen-bond donors (Lipinski definition) is 2. The van der Waals surface area contributed by atoms with Crippen molar-refractivity contribution in [2.75, 3.05) is 5.32 Å². The number of benzene rings is 1. The minimum Gasteiger partial charge on any atom is -0.478 e. The van der Waals surface area contributed by atoms with Crippen LogP contribution in [0.1, 0.15) is 11.1 Å². The van der Waals surface area contributed by atoms with Crippen LogP contribution in [0.15, 0.2) is 30.4 Å². The first-order valence-corrected chi connectivity index (χ1v) is 4.73. The van der Waals surface area contributed by atoms with Crippen LogP contribution < -0.4 is 5.32 Å². The van der Waals surface area contributed by atoms with E-state index in [9.17, 15) is 9.59 Å². The molecule has 0 saturated carbocycles. The molecular formula is C12H7N3O3. The van der Waals surface area contributed by atoms with Gasteiger partial charge in [0.15, 0.2) is 0 Å². The van der Waals surface area contributed by atoms with E-state index < -0.39 is 11.9 Å². The number of anilines is 1. The lowest BCUT2D eigenvalue weighted by Gasteiger charge is -2.02. The van der Waals surface area contributed by atoms with Crippen molar-refractivity contribution in [3.8, 4) is 12.1 Å². The fraction of sp³-hybridized carbons (Fsp3) is 0. The monoisotopic (exact) mass is 241 g/mol. The molecule has 0 spiro atoms. The SMILES string of the molecule is N#Cc1ccc(NC(=O)/C=C/C(=O)O)cc1C#N. The van der Waals surface area contributed by atoms with Crippen molar-refractivity contribution >= 4 is 17.6 Å². The number of carbonyl (C=O) groups excluding carboxylic acids is 1. The van der Waals surface area contributed by atoms with E-state index in [1.807, 2.05) is 12.1 Å². The van der Waals surface area contributed by atoms with Crippen LogP contribution >= 0.6 is 0 Å². The first-order valence-electron chi connectivity index (χ1n) is 4.73. The molecule has 6 heteroatoms. The van der Waals surface area contributed by atoms with Gasteiger partial charge in [-0.2, -0.15) is 10.5 Å². The summed E-state index contributed by atoms with van der Waals surface area (Å²) in [6, 6.07) is 7.85. The van der Waals surface area contributed by atoms with E-state index >= 15 is 0 Å². The molecule has 0 saturated heterocycles. The first-order chi connectivity index (χ1) is 8.56. The highest BCUT2D eigenvalue weighted by Gasteiger charge is 2.04. The molecule has 0 aromatic heterocycles. The number of carbonyl (C=O) groups is 2. The van der Waals surface area contributed by atoms with Crippen molar-refractivity contribution in [3.05, 3.63) is 41.5 Å². The molecule has 0 aliphatic heterocycles. The zero-order valence-corrected chi connectivity index (χ0v) is 9.04. The van der Waals surface area contributed by atoms with E-state index in [2.05, 4.69) is 5.32 Å². The lowest BCUT2D eigenvalue weighted by molar-refractivity contribution is -0.131. The van der Waals surface area contributed by atoms with Gasteiger partial charge in [-0.15, -0.1) is 0 Å². The van der Waals surface area contributed by atoms with Gasteiger partial charge in [0.05, 0.1) is 11.1 Å². The Morgan fingerprint density at radius 1 is 1.17 bits per heavy atom. The van der Waals surface area contributed by atoms with E-state index in [1.54, 1.807) is 0 Å². The van der Waals surface area contributed by atoms with E-state index in [0.717, 1.165) is 6.08 Å². The molecule has 1 aromatic carbocycles. The summed E-state index contributed by atoms with van der Waals surface area (Å²) in [4.78, 5) is 21.5. The summed E-state index contributed by atoms with van der Waals surface area (Å²) >= 11 is 0. The number of carboxylic acids is 1. The summed E-state index contributed by atoms with van der Waals surface area (Å²) < 4.78 is 0. The van der Waals surface area contributed by atoms with Crippen LogP contribution in [0.4, 0.5) is 5.69 Å². The van der Waals surface area contributed by atoms with Gasteiger partial charge >= 0.3 is 5.97 Å². The molecule has 0 radical (unpaired) electrons. The van der Waals surface area contributed by atoms with Gasteiger partial charge in [0.25, 0.3) is 0 Å². The number of carboxylic acid groups (broad SMARTS) is 1. The summed E-state index contributed by atoms with van der Waals surface area (Å²) in [5.41, 5.74) is 0.652. The smallest absolute Gasteiger partial charge is 0.328 e. The number of aliphatic carboxylic acids is 1. The van der Waals surface area contributed by atoms with Crippen LogP contribution in [0.3, 0.4) is 0 Å². The maximum atomic E-state index is 11.3. The fourth-order valence-electron chi connectivity index (χ4n) is 1.14. The topological polar surface area (TPSA) is 114 Å². The third-order valence-electron chi connectivity index (χ3n) is 1.91. The highest BCUT2D eigenvalue weighted by Crippen LogP contribution is 2.14. The highest BCUT2D eigenvalue weighted by molar-refractivity contribution is 6.02. The van der Waals surface area contributed by atoms with Gasteiger partial charge in [0.1, 0.15) is 12.1 Å². The number of nitrogens with zero attached hydrogens (tertiary/aromatic N) is 2. The quantitative estimate of drug-likeness (QED) is 0.766. The van der Waals surface area contributed by atoms with Gasteiger partial charge in [0.2, 0.25) is 5.91 Å². The summed E-state index contributed by atoms with van der Waals surface area (Å²) in [6.45, 7) is 0. The Bertz CT molecular complexity index is 606. The highest BCUT2D eigenvalue weighted by atomic mass is 16.4. The van der Waals surface area contributed by atoms with Gasteiger partial charge < -0.3 is 10.4 Å². The second-order valence-electron chi connectivity index (χ2n) is 3.14. The average Bonchev–Trinajstić information content (AvgIpc) is 2.36. The minimum absolute atomic E-state index is 0.137. The third kappa shape index (κ3) is 3.47. The van der Waals surface area contributed by atoms with E-state index in [-0.39, 0.29) is 11.1 Å². The summed E-state index contributed by atoms with van der Waals surface area (Å²) in [6.07, 6.45) is 1.55. The second-order valence-corrected chi connectivity index (χ2v) is 3.14. The Morgan fingerprint density at radius 3 is 2.39 bits per heavy atom. The van der Waals surface area contributed by atoms with Crippen molar-refractivity contribution in [1.29, 1.82) is 10.5 Å². The Balaban J connectivity index is 2.88. The normalized spacial score (nSPS) is 9.44. The Kier molecular flexibility index (Phi) is 4.19. The molecule has 0 heterocycles. The Morgan fingerprint density at radius 2 is 1.83 bits per heavy atom. The van der Waals surface area contributed by atoms with Crippen molar-refractivity contribution in [2.45, 2.75) is 0 Å².